The number of allylic oxidation sites excluding steroid dienone is 2. The van der Waals surface area contributed by atoms with E-state index in [1.807, 2.05) is 0 Å². The molecule has 2 aliphatic carbocycles. The second-order valence-corrected chi connectivity index (χ2v) is 5.13. The average molecular weight is 178 g/mol. The monoisotopic (exact) mass is 178 g/mol. The quantitative estimate of drug-likeness (QED) is 0.521. The van der Waals surface area contributed by atoms with Gasteiger partial charge in [-0.05, 0) is 31.6 Å². The molecule has 1 nitrogen and oxygen atoms in total. The van der Waals surface area contributed by atoms with E-state index in [1.165, 1.54) is 5.57 Å². The van der Waals surface area contributed by atoms with Gasteiger partial charge in [0.25, 0.3) is 0 Å². The van der Waals surface area contributed by atoms with E-state index < -0.39 is 0 Å². The molecule has 0 heterocycles. The van der Waals surface area contributed by atoms with Crippen LogP contribution in [0.4, 0.5) is 0 Å². The van der Waals surface area contributed by atoms with Crippen molar-refractivity contribution in [1.82, 2.24) is 0 Å². The lowest BCUT2D eigenvalue weighted by Crippen LogP contribution is -2.41. The van der Waals surface area contributed by atoms with Crippen LogP contribution in [0.15, 0.2) is 11.6 Å². The summed E-state index contributed by atoms with van der Waals surface area (Å²) in [6.45, 7) is 6.57. The first-order valence-corrected chi connectivity index (χ1v) is 5.23. The van der Waals surface area contributed by atoms with E-state index in [-0.39, 0.29) is 5.41 Å². The van der Waals surface area contributed by atoms with Gasteiger partial charge in [0.1, 0.15) is 5.78 Å². The van der Waals surface area contributed by atoms with Crippen LogP contribution in [0.25, 0.3) is 0 Å². The Morgan fingerprint density at radius 1 is 1.54 bits per heavy atom. The standard InChI is InChI=1S/C12H18O/c1-8-4-5-12(3)7-10(8)9(2)6-11(12)13/h4,9-10H,5-7H2,1-3H3. The Balaban J connectivity index is 2.35. The molecule has 2 bridgehead atoms. The van der Waals surface area contributed by atoms with Crippen molar-refractivity contribution in [2.24, 2.45) is 17.3 Å². The Bertz CT molecular complexity index is 277. The van der Waals surface area contributed by atoms with Gasteiger partial charge in [0.2, 0.25) is 0 Å². The van der Waals surface area contributed by atoms with Gasteiger partial charge in [-0.25, -0.2) is 0 Å². The lowest BCUT2D eigenvalue weighted by Gasteiger charge is -2.44. The van der Waals surface area contributed by atoms with Crippen molar-refractivity contribution in [3.8, 4) is 0 Å². The fourth-order valence-electron chi connectivity index (χ4n) is 2.83. The van der Waals surface area contributed by atoms with Crippen molar-refractivity contribution in [1.29, 1.82) is 0 Å². The van der Waals surface area contributed by atoms with Crippen LogP contribution >= 0.6 is 0 Å². The summed E-state index contributed by atoms with van der Waals surface area (Å²) < 4.78 is 0. The largest absolute Gasteiger partial charge is 0.299 e. The average Bonchev–Trinajstić information content (AvgIpc) is 2.07. The van der Waals surface area contributed by atoms with Crippen LogP contribution in [0.5, 0.6) is 0 Å². The number of hydrogen-bond donors (Lipinski definition) is 0. The molecule has 0 amide bonds. The van der Waals surface area contributed by atoms with Gasteiger partial charge in [-0.2, -0.15) is 0 Å². The van der Waals surface area contributed by atoms with E-state index in [4.69, 9.17) is 0 Å². The van der Waals surface area contributed by atoms with Crippen molar-refractivity contribution >= 4 is 5.78 Å². The summed E-state index contributed by atoms with van der Waals surface area (Å²) in [7, 11) is 0. The highest BCUT2D eigenvalue weighted by atomic mass is 16.1. The van der Waals surface area contributed by atoms with Gasteiger partial charge in [0.05, 0.1) is 0 Å². The van der Waals surface area contributed by atoms with E-state index in [2.05, 4.69) is 26.8 Å². The van der Waals surface area contributed by atoms with Crippen molar-refractivity contribution in [3.63, 3.8) is 0 Å². The summed E-state index contributed by atoms with van der Waals surface area (Å²) in [5.41, 5.74) is 1.49. The fraction of sp³-hybridized carbons (Fsp3) is 0.750. The molecule has 0 N–H and O–H groups in total. The van der Waals surface area contributed by atoms with Crippen LogP contribution in [-0.2, 0) is 4.79 Å². The maximum absolute atomic E-state index is 11.8. The minimum atomic E-state index is -0.0172. The highest BCUT2D eigenvalue weighted by Crippen LogP contribution is 2.48. The summed E-state index contributed by atoms with van der Waals surface area (Å²) in [5.74, 6) is 1.73. The third-order valence-corrected chi connectivity index (χ3v) is 4.00. The molecule has 3 unspecified atom stereocenters. The number of carbonyl (C=O) groups excluding carboxylic acids is 1. The first kappa shape index (κ1) is 8.98. The maximum Gasteiger partial charge on any atom is 0.139 e. The molecule has 2 aliphatic rings. The smallest absolute Gasteiger partial charge is 0.139 e. The van der Waals surface area contributed by atoms with Crippen molar-refractivity contribution < 1.29 is 4.79 Å². The van der Waals surface area contributed by atoms with Crippen LogP contribution in [0.3, 0.4) is 0 Å². The Hall–Kier alpha value is -0.590. The number of rotatable bonds is 0. The van der Waals surface area contributed by atoms with Crippen molar-refractivity contribution in [2.45, 2.75) is 40.0 Å². The Morgan fingerprint density at radius 2 is 2.23 bits per heavy atom. The predicted octanol–water partition coefficient (Wildman–Crippen LogP) is 2.96. The van der Waals surface area contributed by atoms with Crippen LogP contribution in [0, 0.1) is 17.3 Å². The van der Waals surface area contributed by atoms with E-state index >= 15 is 0 Å². The topological polar surface area (TPSA) is 17.1 Å². The first-order chi connectivity index (χ1) is 6.03. The molecule has 1 saturated carbocycles. The third-order valence-electron chi connectivity index (χ3n) is 4.00. The minimum Gasteiger partial charge on any atom is -0.299 e. The molecule has 3 atom stereocenters. The summed E-state index contributed by atoms with van der Waals surface area (Å²) >= 11 is 0. The molecule has 1 fully saturated rings. The zero-order valence-electron chi connectivity index (χ0n) is 8.76. The number of fused-ring (bicyclic) bond motifs is 2. The number of Topliss-reactive ketones (excluding diaryl/α,β-unsaturated/α-hetero) is 1. The summed E-state index contributed by atoms with van der Waals surface area (Å²) in [6.07, 6.45) is 5.14. The molecule has 0 aromatic carbocycles. The second kappa shape index (κ2) is 2.70. The zero-order valence-corrected chi connectivity index (χ0v) is 8.76. The molecule has 0 radical (unpaired) electrons. The van der Waals surface area contributed by atoms with Gasteiger partial charge in [-0.1, -0.05) is 25.5 Å². The normalized spacial score (nSPS) is 44.5. The number of ketones is 1. The van der Waals surface area contributed by atoms with Crippen LogP contribution in [0.1, 0.15) is 40.0 Å². The SMILES string of the molecule is CC1=CCC2(C)CC1C(C)CC2=O. The van der Waals surface area contributed by atoms with Gasteiger partial charge in [-0.3, -0.25) is 4.79 Å². The van der Waals surface area contributed by atoms with Gasteiger partial charge < -0.3 is 0 Å². The van der Waals surface area contributed by atoms with E-state index in [1.54, 1.807) is 0 Å². The molecule has 0 aliphatic heterocycles. The summed E-state index contributed by atoms with van der Waals surface area (Å²) in [5, 5.41) is 0. The summed E-state index contributed by atoms with van der Waals surface area (Å²) in [4.78, 5) is 11.8. The highest BCUT2D eigenvalue weighted by molar-refractivity contribution is 5.86. The minimum absolute atomic E-state index is 0.0172. The van der Waals surface area contributed by atoms with Crippen molar-refractivity contribution in [2.75, 3.05) is 0 Å². The van der Waals surface area contributed by atoms with E-state index in [0.717, 1.165) is 19.3 Å². The summed E-state index contributed by atoms with van der Waals surface area (Å²) in [6, 6.07) is 0. The van der Waals surface area contributed by atoms with Gasteiger partial charge in [0, 0.05) is 11.8 Å². The molecule has 0 aromatic rings. The molecular formula is C12H18O. The lowest BCUT2D eigenvalue weighted by molar-refractivity contribution is -0.133. The third kappa shape index (κ3) is 1.25. The molecular weight excluding hydrogens is 160 g/mol. The molecule has 0 spiro atoms. The van der Waals surface area contributed by atoms with Crippen LogP contribution in [0.2, 0.25) is 0 Å². The van der Waals surface area contributed by atoms with E-state index in [9.17, 15) is 4.79 Å². The predicted molar refractivity (Wildman–Crippen MR) is 53.4 cm³/mol. The number of hydrogen-bond acceptors (Lipinski definition) is 1. The van der Waals surface area contributed by atoms with Crippen LogP contribution in [-0.4, -0.2) is 5.78 Å². The number of carbonyl (C=O) groups is 1. The fourth-order valence-corrected chi connectivity index (χ4v) is 2.83. The Labute approximate surface area is 80.2 Å². The van der Waals surface area contributed by atoms with Crippen LogP contribution < -0.4 is 0 Å². The molecule has 2 rings (SSSR count). The molecule has 0 saturated heterocycles. The zero-order chi connectivity index (χ0) is 9.64. The van der Waals surface area contributed by atoms with Gasteiger partial charge in [0.15, 0.2) is 0 Å². The van der Waals surface area contributed by atoms with Gasteiger partial charge in [-0.15, -0.1) is 0 Å². The Kier molecular flexibility index (Phi) is 1.86. The maximum atomic E-state index is 11.8. The first-order valence-electron chi connectivity index (χ1n) is 5.23. The molecule has 13 heavy (non-hydrogen) atoms. The molecule has 72 valence electrons. The van der Waals surface area contributed by atoms with Crippen molar-refractivity contribution in [3.05, 3.63) is 11.6 Å². The molecule has 0 aromatic heterocycles. The van der Waals surface area contributed by atoms with Gasteiger partial charge >= 0.3 is 0 Å². The highest BCUT2D eigenvalue weighted by Gasteiger charge is 2.44. The van der Waals surface area contributed by atoms with E-state index in [0.29, 0.717) is 17.6 Å². The second-order valence-electron chi connectivity index (χ2n) is 5.13. The Morgan fingerprint density at radius 3 is 2.92 bits per heavy atom. The lowest BCUT2D eigenvalue weighted by atomic mass is 9.59. The molecule has 1 heteroatoms.